The summed E-state index contributed by atoms with van der Waals surface area (Å²) in [6.45, 7) is 2.44. The van der Waals surface area contributed by atoms with Gasteiger partial charge >= 0.3 is 0 Å². The molecule has 1 amide bonds. The van der Waals surface area contributed by atoms with Gasteiger partial charge in [-0.1, -0.05) is 30.3 Å². The number of aromatic amines is 1. The monoisotopic (exact) mass is 408 g/mol. The maximum absolute atomic E-state index is 12.9. The van der Waals surface area contributed by atoms with Crippen molar-refractivity contribution in [1.82, 2.24) is 14.9 Å². The van der Waals surface area contributed by atoms with Gasteiger partial charge in [-0.25, -0.2) is 4.98 Å². The van der Waals surface area contributed by atoms with E-state index in [9.17, 15) is 9.59 Å². The van der Waals surface area contributed by atoms with Crippen molar-refractivity contribution in [3.05, 3.63) is 81.7 Å². The minimum absolute atomic E-state index is 0.126. The standard InChI is InChI=1S/C22H24N4O4/c1-29-15-18-17(14-16-6-3-2-4-7-16)20(27)24-22(23-18)26-11-9-25(10-12-26)21(28)19-8-5-13-30-19/h2-8,13H,9-12,14-15H2,1H3,(H,23,24,27). The van der Waals surface area contributed by atoms with Gasteiger partial charge in [0, 0.05) is 45.3 Å². The van der Waals surface area contributed by atoms with Crippen LogP contribution in [-0.2, 0) is 17.8 Å². The predicted molar refractivity (Wildman–Crippen MR) is 112 cm³/mol. The van der Waals surface area contributed by atoms with E-state index in [2.05, 4.69) is 9.97 Å². The van der Waals surface area contributed by atoms with E-state index in [4.69, 9.17) is 9.15 Å². The summed E-state index contributed by atoms with van der Waals surface area (Å²) in [5.41, 5.74) is 2.12. The number of piperazine rings is 1. The van der Waals surface area contributed by atoms with Gasteiger partial charge in [-0.05, 0) is 17.7 Å². The number of H-pyrrole nitrogens is 1. The molecule has 1 aliphatic heterocycles. The molecule has 1 fully saturated rings. The Morgan fingerprint density at radius 2 is 1.90 bits per heavy atom. The summed E-state index contributed by atoms with van der Waals surface area (Å²) in [7, 11) is 1.59. The molecule has 0 unspecified atom stereocenters. The fourth-order valence-electron chi connectivity index (χ4n) is 3.60. The van der Waals surface area contributed by atoms with Crippen LogP contribution >= 0.6 is 0 Å². The first kappa shape index (κ1) is 19.9. The number of carbonyl (C=O) groups is 1. The Morgan fingerprint density at radius 3 is 2.57 bits per heavy atom. The summed E-state index contributed by atoms with van der Waals surface area (Å²) < 4.78 is 10.5. The number of rotatable bonds is 6. The van der Waals surface area contributed by atoms with Gasteiger partial charge in [0.2, 0.25) is 5.95 Å². The molecule has 8 heteroatoms. The van der Waals surface area contributed by atoms with Crippen molar-refractivity contribution in [3.8, 4) is 0 Å². The van der Waals surface area contributed by atoms with E-state index in [0.29, 0.717) is 55.6 Å². The predicted octanol–water partition coefficient (Wildman–Crippen LogP) is 2.06. The van der Waals surface area contributed by atoms with Crippen LogP contribution in [0.25, 0.3) is 0 Å². The first-order valence-electron chi connectivity index (χ1n) is 9.88. The Labute approximate surface area is 174 Å². The Bertz CT molecular complexity index is 1040. The average molecular weight is 408 g/mol. The van der Waals surface area contributed by atoms with Crippen molar-refractivity contribution >= 4 is 11.9 Å². The van der Waals surface area contributed by atoms with Gasteiger partial charge < -0.3 is 19.0 Å². The van der Waals surface area contributed by atoms with Crippen LogP contribution in [0.15, 0.2) is 57.9 Å². The molecule has 1 N–H and O–H groups in total. The number of carbonyl (C=O) groups excluding carboxylic acids is 1. The number of amides is 1. The van der Waals surface area contributed by atoms with Crippen molar-refractivity contribution < 1.29 is 13.9 Å². The highest BCUT2D eigenvalue weighted by molar-refractivity contribution is 5.91. The molecule has 0 bridgehead atoms. The molecule has 4 rings (SSSR count). The third-order valence-electron chi connectivity index (χ3n) is 5.19. The zero-order valence-corrected chi connectivity index (χ0v) is 16.8. The van der Waals surface area contributed by atoms with E-state index in [1.165, 1.54) is 6.26 Å². The number of hydrogen-bond acceptors (Lipinski definition) is 6. The Hall–Kier alpha value is -3.39. The number of ether oxygens (including phenoxy) is 1. The molecule has 0 saturated carbocycles. The van der Waals surface area contributed by atoms with Gasteiger partial charge in [-0.2, -0.15) is 0 Å². The largest absolute Gasteiger partial charge is 0.459 e. The van der Waals surface area contributed by atoms with Crippen molar-refractivity contribution in [1.29, 1.82) is 0 Å². The quantitative estimate of drug-likeness (QED) is 0.671. The number of anilines is 1. The van der Waals surface area contributed by atoms with Crippen molar-refractivity contribution in [2.24, 2.45) is 0 Å². The first-order valence-corrected chi connectivity index (χ1v) is 9.88. The van der Waals surface area contributed by atoms with E-state index in [1.807, 2.05) is 35.2 Å². The van der Waals surface area contributed by atoms with E-state index in [0.717, 1.165) is 5.56 Å². The molecule has 0 atom stereocenters. The van der Waals surface area contributed by atoms with Gasteiger partial charge in [0.05, 0.1) is 18.6 Å². The zero-order chi connectivity index (χ0) is 20.9. The number of nitrogens with zero attached hydrogens (tertiary/aromatic N) is 3. The first-order chi connectivity index (χ1) is 14.7. The van der Waals surface area contributed by atoms with Gasteiger partial charge in [0.15, 0.2) is 5.76 Å². The smallest absolute Gasteiger partial charge is 0.289 e. The molecule has 1 saturated heterocycles. The fraction of sp³-hybridized carbons (Fsp3) is 0.318. The normalized spacial score (nSPS) is 14.2. The second-order valence-corrected chi connectivity index (χ2v) is 7.17. The van der Waals surface area contributed by atoms with E-state index >= 15 is 0 Å². The van der Waals surface area contributed by atoms with Gasteiger partial charge in [-0.15, -0.1) is 0 Å². The minimum atomic E-state index is -0.162. The van der Waals surface area contributed by atoms with Crippen LogP contribution < -0.4 is 10.5 Å². The fourth-order valence-corrected chi connectivity index (χ4v) is 3.60. The highest BCUT2D eigenvalue weighted by Crippen LogP contribution is 2.16. The SMILES string of the molecule is COCc1nc(N2CCN(C(=O)c3ccco3)CC2)[nH]c(=O)c1Cc1ccccc1. The van der Waals surface area contributed by atoms with Crippen LogP contribution in [0, 0.1) is 0 Å². The van der Waals surface area contributed by atoms with E-state index in [1.54, 1.807) is 24.1 Å². The molecule has 8 nitrogen and oxygen atoms in total. The van der Waals surface area contributed by atoms with E-state index < -0.39 is 0 Å². The Kier molecular flexibility index (Phi) is 5.94. The molecule has 156 valence electrons. The number of nitrogens with one attached hydrogen (secondary N) is 1. The second-order valence-electron chi connectivity index (χ2n) is 7.17. The third-order valence-corrected chi connectivity index (χ3v) is 5.19. The highest BCUT2D eigenvalue weighted by Gasteiger charge is 2.25. The molecular formula is C22H24N4O4. The number of hydrogen-bond donors (Lipinski definition) is 1. The molecule has 3 heterocycles. The summed E-state index contributed by atoms with van der Waals surface area (Å²) >= 11 is 0. The molecule has 2 aromatic heterocycles. The lowest BCUT2D eigenvalue weighted by Crippen LogP contribution is -2.49. The summed E-state index contributed by atoms with van der Waals surface area (Å²) in [5.74, 6) is 0.718. The maximum Gasteiger partial charge on any atom is 0.289 e. The average Bonchev–Trinajstić information content (AvgIpc) is 3.31. The van der Waals surface area contributed by atoms with E-state index in [-0.39, 0.29) is 18.1 Å². The van der Waals surface area contributed by atoms with Crippen LogP contribution in [0.1, 0.15) is 27.4 Å². The number of furan rings is 1. The summed E-state index contributed by atoms with van der Waals surface area (Å²) in [6.07, 6.45) is 1.99. The molecule has 0 radical (unpaired) electrons. The number of methoxy groups -OCH3 is 1. The number of benzene rings is 1. The maximum atomic E-state index is 12.9. The molecular weight excluding hydrogens is 384 g/mol. The third kappa shape index (κ3) is 4.28. The molecule has 1 aromatic carbocycles. The summed E-state index contributed by atoms with van der Waals surface area (Å²) in [5, 5.41) is 0. The van der Waals surface area contributed by atoms with Crippen LogP contribution in [0.4, 0.5) is 5.95 Å². The lowest BCUT2D eigenvalue weighted by molar-refractivity contribution is 0.0714. The number of aromatic nitrogens is 2. The van der Waals surface area contributed by atoms with Crippen molar-refractivity contribution in [2.45, 2.75) is 13.0 Å². The molecule has 1 aliphatic rings. The van der Waals surface area contributed by atoms with Gasteiger partial charge in [0.1, 0.15) is 0 Å². The molecule has 3 aromatic rings. The van der Waals surface area contributed by atoms with Gasteiger partial charge in [-0.3, -0.25) is 14.6 Å². The van der Waals surface area contributed by atoms with Crippen molar-refractivity contribution in [2.75, 3.05) is 38.2 Å². The van der Waals surface area contributed by atoms with Gasteiger partial charge in [0.25, 0.3) is 11.5 Å². The Balaban J connectivity index is 1.51. The van der Waals surface area contributed by atoms with Crippen LogP contribution in [0.2, 0.25) is 0 Å². The highest BCUT2D eigenvalue weighted by atomic mass is 16.5. The van der Waals surface area contributed by atoms with Crippen molar-refractivity contribution in [3.63, 3.8) is 0 Å². The lowest BCUT2D eigenvalue weighted by Gasteiger charge is -2.34. The molecule has 0 aliphatic carbocycles. The minimum Gasteiger partial charge on any atom is -0.459 e. The zero-order valence-electron chi connectivity index (χ0n) is 16.8. The summed E-state index contributed by atoms with van der Waals surface area (Å²) in [6, 6.07) is 13.2. The summed E-state index contributed by atoms with van der Waals surface area (Å²) in [4.78, 5) is 36.6. The topological polar surface area (TPSA) is 91.7 Å². The van der Waals surface area contributed by atoms with Crippen LogP contribution in [0.3, 0.4) is 0 Å². The van der Waals surface area contributed by atoms with Crippen LogP contribution in [-0.4, -0.2) is 54.1 Å². The molecule has 0 spiro atoms. The second kappa shape index (κ2) is 8.96. The lowest BCUT2D eigenvalue weighted by atomic mass is 10.0. The molecule has 30 heavy (non-hydrogen) atoms. The Morgan fingerprint density at radius 1 is 1.13 bits per heavy atom. The van der Waals surface area contributed by atoms with Crippen LogP contribution in [0.5, 0.6) is 0 Å².